The van der Waals surface area contributed by atoms with E-state index in [0.29, 0.717) is 12.0 Å². The Labute approximate surface area is 187 Å². The molecule has 2 bridgehead atoms. The second-order valence-corrected chi connectivity index (χ2v) is 9.64. The average molecular weight is 435 g/mol. The van der Waals surface area contributed by atoms with Crippen LogP contribution in [0.25, 0.3) is 0 Å². The zero-order chi connectivity index (χ0) is 21.0. The smallest absolute Gasteiger partial charge is 0.233 e. The molecule has 3 aromatic rings. The molecule has 7 heteroatoms. The van der Waals surface area contributed by atoms with Gasteiger partial charge in [-0.25, -0.2) is 4.68 Å². The first-order chi connectivity index (χ1) is 15.2. The van der Waals surface area contributed by atoms with Crippen LogP contribution < -0.4 is 10.2 Å². The van der Waals surface area contributed by atoms with Crippen LogP contribution in [0.1, 0.15) is 18.5 Å². The summed E-state index contributed by atoms with van der Waals surface area (Å²) < 4.78 is 2.00. The molecule has 4 atom stereocenters. The molecule has 6 rings (SSSR count). The zero-order valence-corrected chi connectivity index (χ0v) is 18.3. The molecule has 160 valence electrons. The van der Waals surface area contributed by atoms with Gasteiger partial charge in [-0.3, -0.25) is 4.79 Å². The van der Waals surface area contributed by atoms with Crippen LogP contribution in [0.3, 0.4) is 0 Å². The van der Waals surface area contributed by atoms with Crippen LogP contribution in [0.15, 0.2) is 71.8 Å². The first kappa shape index (κ1) is 20.3. The maximum Gasteiger partial charge on any atom is 0.233 e. The Morgan fingerprint density at radius 1 is 1.13 bits per heavy atom. The van der Waals surface area contributed by atoms with Crippen LogP contribution in [0.2, 0.25) is 0 Å². The molecule has 3 aliphatic heterocycles. The summed E-state index contributed by atoms with van der Waals surface area (Å²) in [6, 6.07) is 20.7. The van der Waals surface area contributed by atoms with Gasteiger partial charge < -0.3 is 10.2 Å². The topological polar surface area (TPSA) is 64.2 Å². The summed E-state index contributed by atoms with van der Waals surface area (Å²) in [5.74, 6) is 1.57. The highest BCUT2D eigenvalue weighted by molar-refractivity contribution is 7.98. The second-order valence-electron chi connectivity index (χ2n) is 8.59. The van der Waals surface area contributed by atoms with E-state index in [0.717, 1.165) is 49.6 Å². The summed E-state index contributed by atoms with van der Waals surface area (Å²) in [6.45, 7) is 2.94. The minimum Gasteiger partial charge on any atom is -0.330 e. The monoisotopic (exact) mass is 434 g/mol. The van der Waals surface area contributed by atoms with Gasteiger partial charge in [-0.05, 0) is 30.2 Å². The number of hydrogen-bond donors (Lipinski definition) is 2. The zero-order valence-electron chi connectivity index (χ0n) is 17.5. The minimum atomic E-state index is 0.105. The van der Waals surface area contributed by atoms with E-state index >= 15 is 0 Å². The number of para-hydroxylation sites is 1. The number of amides is 1. The van der Waals surface area contributed by atoms with E-state index in [1.165, 1.54) is 9.80 Å². The van der Waals surface area contributed by atoms with Crippen LogP contribution in [0, 0.1) is 11.8 Å². The number of rotatable bonds is 7. The highest BCUT2D eigenvalue weighted by Crippen LogP contribution is 2.29. The van der Waals surface area contributed by atoms with Crippen molar-refractivity contribution in [3.05, 3.63) is 72.6 Å². The fourth-order valence-corrected chi connectivity index (χ4v) is 5.77. The van der Waals surface area contributed by atoms with Crippen LogP contribution in [-0.2, 0) is 17.1 Å². The number of nitrogens with zero attached hydrogens (tertiary/aromatic N) is 3. The summed E-state index contributed by atoms with van der Waals surface area (Å²) in [4.78, 5) is 15.6. The number of anilines is 1. The quantitative estimate of drug-likeness (QED) is 0.561. The van der Waals surface area contributed by atoms with Gasteiger partial charge in [0.05, 0.1) is 31.2 Å². The Hall–Kier alpha value is -2.64. The molecule has 3 saturated heterocycles. The molecular weight excluding hydrogens is 406 g/mol. The Morgan fingerprint density at radius 2 is 1.90 bits per heavy atom. The van der Waals surface area contributed by atoms with Gasteiger partial charge in [0.1, 0.15) is 6.04 Å². The van der Waals surface area contributed by atoms with Crippen LogP contribution in [0.5, 0.6) is 0 Å². The maximum atomic E-state index is 12.9. The van der Waals surface area contributed by atoms with Crippen molar-refractivity contribution < 1.29 is 9.69 Å². The van der Waals surface area contributed by atoms with Crippen LogP contribution in [0.4, 0.5) is 5.69 Å². The molecule has 0 radical (unpaired) electrons. The van der Waals surface area contributed by atoms with E-state index in [9.17, 15) is 4.79 Å². The van der Waals surface area contributed by atoms with Gasteiger partial charge in [0.2, 0.25) is 5.91 Å². The lowest BCUT2D eigenvalue weighted by Gasteiger charge is -2.46. The molecule has 1 aromatic heterocycles. The Bertz CT molecular complexity index is 1010. The fraction of sp³-hybridized carbons (Fsp3) is 0.375. The van der Waals surface area contributed by atoms with Crippen LogP contribution in [-0.4, -0.2) is 40.0 Å². The normalized spacial score (nSPS) is 24.8. The molecule has 0 saturated carbocycles. The molecule has 2 aromatic carbocycles. The number of thioether (sulfide) groups is 1. The van der Waals surface area contributed by atoms with E-state index in [4.69, 9.17) is 0 Å². The van der Waals surface area contributed by atoms with Crippen molar-refractivity contribution in [3.63, 3.8) is 0 Å². The number of nitrogens with one attached hydrogen (secondary N) is 2. The maximum absolute atomic E-state index is 12.9. The van der Waals surface area contributed by atoms with Crippen molar-refractivity contribution >= 4 is 23.4 Å². The molecular formula is C24H28N5OS+. The molecule has 31 heavy (non-hydrogen) atoms. The Kier molecular flexibility index (Phi) is 6.04. The number of carbonyl (C=O) groups excluding carboxylic acids is 1. The van der Waals surface area contributed by atoms with Gasteiger partial charge >= 0.3 is 0 Å². The number of hydrogen-bond acceptors (Lipinski definition) is 4. The summed E-state index contributed by atoms with van der Waals surface area (Å²) in [5.41, 5.74) is 1.90. The Morgan fingerprint density at radius 3 is 2.65 bits per heavy atom. The second kappa shape index (κ2) is 9.24. The molecule has 4 heterocycles. The third kappa shape index (κ3) is 4.83. The molecule has 0 aliphatic carbocycles. The molecule has 2 N–H and O–H groups in total. The molecule has 3 fully saturated rings. The highest BCUT2D eigenvalue weighted by Gasteiger charge is 2.46. The number of piperidine rings is 3. The van der Waals surface area contributed by atoms with Gasteiger partial charge in [-0.15, -0.1) is 16.9 Å². The molecule has 1 amide bonds. The lowest BCUT2D eigenvalue weighted by molar-refractivity contribution is -0.945. The average Bonchev–Trinajstić information content (AvgIpc) is 3.27. The van der Waals surface area contributed by atoms with E-state index in [1.54, 1.807) is 11.8 Å². The van der Waals surface area contributed by atoms with E-state index in [2.05, 4.69) is 46.1 Å². The van der Waals surface area contributed by atoms with Crippen molar-refractivity contribution in [1.82, 2.24) is 15.0 Å². The van der Waals surface area contributed by atoms with E-state index in [1.807, 2.05) is 41.1 Å². The van der Waals surface area contributed by atoms with Crippen molar-refractivity contribution in [2.24, 2.45) is 11.8 Å². The van der Waals surface area contributed by atoms with Crippen molar-refractivity contribution in [2.75, 3.05) is 18.4 Å². The first-order valence-electron chi connectivity index (χ1n) is 11.0. The van der Waals surface area contributed by atoms with Gasteiger partial charge in [0.15, 0.2) is 0 Å². The lowest BCUT2D eigenvalue weighted by atomic mass is 9.75. The van der Waals surface area contributed by atoms with E-state index in [-0.39, 0.29) is 11.8 Å². The van der Waals surface area contributed by atoms with Crippen molar-refractivity contribution in [3.8, 4) is 0 Å². The van der Waals surface area contributed by atoms with Gasteiger partial charge in [-0.1, -0.05) is 41.6 Å². The van der Waals surface area contributed by atoms with Gasteiger partial charge in [0.25, 0.3) is 0 Å². The number of aromatic nitrogens is 3. The SMILES string of the molecule is O=C(Nc1ccccc1)[C@H]1C[NH+]2CC[C@H]1C[C@@H]2Cn1cc(CSc2ccccc2)nn1. The number of quaternary nitrogens is 1. The third-order valence-corrected chi connectivity index (χ3v) is 7.60. The standard InChI is InChI=1S/C24H27N5OS/c30-24(25-19-7-3-1-4-8-19)23-16-28-12-11-18(23)13-21(28)15-29-14-20(26-27-29)17-31-22-9-5-2-6-10-22/h1-10,14,18,21,23H,11-13,15-17H2,(H,25,30)/p+1/t18-,21+,23-/m0/s1. The highest BCUT2D eigenvalue weighted by atomic mass is 32.2. The molecule has 6 nitrogen and oxygen atoms in total. The van der Waals surface area contributed by atoms with Crippen LogP contribution >= 0.6 is 11.8 Å². The number of fused-ring (bicyclic) bond motifs is 3. The van der Waals surface area contributed by atoms with Gasteiger partial charge in [0, 0.05) is 35.4 Å². The molecule has 0 spiro atoms. The van der Waals surface area contributed by atoms with Crippen molar-refractivity contribution in [2.45, 2.75) is 36.1 Å². The van der Waals surface area contributed by atoms with Gasteiger partial charge in [-0.2, -0.15) is 0 Å². The summed E-state index contributed by atoms with van der Waals surface area (Å²) in [5, 5.41) is 11.9. The first-order valence-corrected chi connectivity index (χ1v) is 12.0. The fourth-order valence-electron chi connectivity index (χ4n) is 4.97. The summed E-state index contributed by atoms with van der Waals surface area (Å²) in [7, 11) is 0. The largest absolute Gasteiger partial charge is 0.330 e. The summed E-state index contributed by atoms with van der Waals surface area (Å²) in [6.07, 6.45) is 4.30. The summed E-state index contributed by atoms with van der Waals surface area (Å²) >= 11 is 1.78. The lowest BCUT2D eigenvalue weighted by Crippen LogP contribution is -3.20. The molecule has 3 aliphatic rings. The number of carbonyl (C=O) groups is 1. The predicted molar refractivity (Wildman–Crippen MR) is 122 cm³/mol. The number of benzene rings is 2. The van der Waals surface area contributed by atoms with E-state index < -0.39 is 0 Å². The molecule has 1 unspecified atom stereocenters. The van der Waals surface area contributed by atoms with Crippen molar-refractivity contribution in [1.29, 1.82) is 0 Å². The minimum absolute atomic E-state index is 0.105. The Balaban J connectivity index is 1.15. The predicted octanol–water partition coefficient (Wildman–Crippen LogP) is 2.50. The third-order valence-electron chi connectivity index (χ3n) is 6.55.